The lowest BCUT2D eigenvalue weighted by Crippen LogP contribution is -2.37. The van der Waals surface area contributed by atoms with Gasteiger partial charge >= 0.3 is 5.97 Å². The van der Waals surface area contributed by atoms with Crippen molar-refractivity contribution < 1.29 is 14.3 Å². The van der Waals surface area contributed by atoms with Crippen molar-refractivity contribution in [3.63, 3.8) is 0 Å². The molecule has 0 aliphatic heterocycles. The molecule has 4 nitrogen and oxygen atoms in total. The number of carbonyl (C=O) groups excluding carboxylic acids is 2. The van der Waals surface area contributed by atoms with E-state index in [1.165, 1.54) is 17.4 Å². The number of hydrogen-bond donors (Lipinski definition) is 1. The molecule has 0 bridgehead atoms. The number of ether oxygens (including phenoxy) is 1. The monoisotopic (exact) mass is 365 g/mol. The zero-order valence-electron chi connectivity index (χ0n) is 13.8. The molecule has 0 saturated carbocycles. The number of thiophene rings is 1. The van der Waals surface area contributed by atoms with Gasteiger partial charge in [-0.25, -0.2) is 4.79 Å². The number of benzene rings is 1. The third-order valence-corrected chi connectivity index (χ3v) is 4.93. The number of fused-ring (bicyclic) bond motifs is 1. The molecule has 1 unspecified atom stereocenters. The minimum atomic E-state index is -0.834. The fourth-order valence-corrected chi connectivity index (χ4v) is 3.40. The summed E-state index contributed by atoms with van der Waals surface area (Å²) in [6, 6.07) is 7.77. The van der Waals surface area contributed by atoms with E-state index in [0.29, 0.717) is 17.5 Å². The molecule has 128 valence electrons. The highest BCUT2D eigenvalue weighted by Gasteiger charge is 2.16. The van der Waals surface area contributed by atoms with Crippen LogP contribution in [0.2, 0.25) is 5.02 Å². The molecular weight excluding hydrogens is 346 g/mol. The normalized spacial score (nSPS) is 12.7. The van der Waals surface area contributed by atoms with Crippen molar-refractivity contribution in [2.75, 3.05) is 6.54 Å². The first kappa shape index (κ1) is 18.5. The lowest BCUT2D eigenvalue weighted by molar-refractivity contribution is -0.150. The van der Waals surface area contributed by atoms with E-state index in [4.69, 9.17) is 16.3 Å². The highest BCUT2D eigenvalue weighted by Crippen LogP contribution is 2.35. The van der Waals surface area contributed by atoms with Crippen molar-refractivity contribution in [3.8, 4) is 0 Å². The summed E-state index contributed by atoms with van der Waals surface area (Å²) >= 11 is 7.81. The predicted octanol–water partition coefficient (Wildman–Crippen LogP) is 4.27. The number of rotatable bonds is 6. The first-order valence-corrected chi connectivity index (χ1v) is 8.91. The fraction of sp³-hybridized carbons (Fsp3) is 0.333. The van der Waals surface area contributed by atoms with Crippen LogP contribution in [-0.4, -0.2) is 24.5 Å². The van der Waals surface area contributed by atoms with Gasteiger partial charge in [0.15, 0.2) is 6.10 Å². The molecule has 0 spiro atoms. The Morgan fingerprint density at radius 3 is 2.67 bits per heavy atom. The van der Waals surface area contributed by atoms with E-state index in [9.17, 15) is 9.59 Å². The van der Waals surface area contributed by atoms with Crippen LogP contribution in [0.25, 0.3) is 16.2 Å². The van der Waals surface area contributed by atoms with Crippen LogP contribution in [0.5, 0.6) is 0 Å². The van der Waals surface area contributed by atoms with Crippen molar-refractivity contribution in [2.45, 2.75) is 26.9 Å². The average Bonchev–Trinajstić information content (AvgIpc) is 2.87. The third kappa shape index (κ3) is 4.82. The standard InChI is InChI=1S/C18H20ClNO3S/c1-11(2)10-20-18(22)12(3)23-16(21)9-8-15-17(19)13-6-4-5-7-14(13)24-15/h4-9,11-12H,10H2,1-3H3,(H,20,22)/b9-8+. The van der Waals surface area contributed by atoms with E-state index in [1.807, 2.05) is 38.1 Å². The maximum Gasteiger partial charge on any atom is 0.331 e. The van der Waals surface area contributed by atoms with Crippen LogP contribution in [0.1, 0.15) is 25.6 Å². The highest BCUT2D eigenvalue weighted by atomic mass is 35.5. The Balaban J connectivity index is 1.97. The molecule has 1 heterocycles. The van der Waals surface area contributed by atoms with Crippen LogP contribution in [0.4, 0.5) is 0 Å². The van der Waals surface area contributed by atoms with Gasteiger partial charge < -0.3 is 10.1 Å². The molecule has 0 aliphatic rings. The van der Waals surface area contributed by atoms with Gasteiger partial charge in [0.1, 0.15) is 0 Å². The third-order valence-electron chi connectivity index (χ3n) is 3.28. The fourth-order valence-electron chi connectivity index (χ4n) is 2.00. The van der Waals surface area contributed by atoms with Gasteiger partial charge in [-0.2, -0.15) is 0 Å². The Labute approximate surface area is 150 Å². The number of esters is 1. The van der Waals surface area contributed by atoms with E-state index < -0.39 is 12.1 Å². The van der Waals surface area contributed by atoms with Gasteiger partial charge in [0.25, 0.3) is 5.91 Å². The molecule has 2 rings (SSSR count). The number of amides is 1. The Morgan fingerprint density at radius 2 is 2.00 bits per heavy atom. The molecule has 1 aromatic heterocycles. The maximum atomic E-state index is 11.9. The minimum absolute atomic E-state index is 0.301. The second kappa shape index (κ2) is 8.31. The van der Waals surface area contributed by atoms with Gasteiger partial charge in [0.2, 0.25) is 0 Å². The summed E-state index contributed by atoms with van der Waals surface area (Å²) in [5.74, 6) is -0.534. The van der Waals surface area contributed by atoms with Gasteiger partial charge in [-0.3, -0.25) is 4.79 Å². The molecule has 1 N–H and O–H groups in total. The minimum Gasteiger partial charge on any atom is -0.449 e. The molecule has 0 aliphatic carbocycles. The molecule has 0 saturated heterocycles. The molecule has 0 radical (unpaired) electrons. The number of hydrogen-bond acceptors (Lipinski definition) is 4. The first-order valence-electron chi connectivity index (χ1n) is 7.72. The number of nitrogens with one attached hydrogen (secondary N) is 1. The molecule has 24 heavy (non-hydrogen) atoms. The van der Waals surface area contributed by atoms with Gasteiger partial charge in [0, 0.05) is 27.6 Å². The molecule has 6 heteroatoms. The summed E-state index contributed by atoms with van der Waals surface area (Å²) in [5.41, 5.74) is 0. The number of carbonyl (C=O) groups is 2. The zero-order chi connectivity index (χ0) is 17.7. The summed E-state index contributed by atoms with van der Waals surface area (Å²) in [6.45, 7) is 6.09. The van der Waals surface area contributed by atoms with E-state index in [2.05, 4.69) is 5.32 Å². The van der Waals surface area contributed by atoms with Crippen LogP contribution in [0.15, 0.2) is 30.3 Å². The van der Waals surface area contributed by atoms with Crippen LogP contribution in [-0.2, 0) is 14.3 Å². The summed E-state index contributed by atoms with van der Waals surface area (Å²) < 4.78 is 6.16. The lowest BCUT2D eigenvalue weighted by atomic mass is 10.2. The van der Waals surface area contributed by atoms with Crippen molar-refractivity contribution in [1.29, 1.82) is 0 Å². The van der Waals surface area contributed by atoms with Gasteiger partial charge in [0.05, 0.1) is 5.02 Å². The summed E-state index contributed by atoms with van der Waals surface area (Å²) in [4.78, 5) is 24.4. The molecule has 2 aromatic rings. The molecule has 0 fully saturated rings. The zero-order valence-corrected chi connectivity index (χ0v) is 15.4. The summed E-state index contributed by atoms with van der Waals surface area (Å²) in [7, 11) is 0. The van der Waals surface area contributed by atoms with E-state index >= 15 is 0 Å². The number of halogens is 1. The van der Waals surface area contributed by atoms with E-state index in [-0.39, 0.29) is 5.91 Å². The van der Waals surface area contributed by atoms with Crippen LogP contribution < -0.4 is 5.32 Å². The topological polar surface area (TPSA) is 55.4 Å². The largest absolute Gasteiger partial charge is 0.449 e. The van der Waals surface area contributed by atoms with Crippen LogP contribution in [0.3, 0.4) is 0 Å². The second-order valence-electron chi connectivity index (χ2n) is 5.83. The Kier molecular flexibility index (Phi) is 6.40. The SMILES string of the molecule is CC(C)CNC(=O)C(C)OC(=O)/C=C/c1sc2ccccc2c1Cl. The lowest BCUT2D eigenvalue weighted by Gasteiger charge is -2.13. The molecular formula is C18H20ClNO3S. The predicted molar refractivity (Wildman–Crippen MR) is 99.3 cm³/mol. The highest BCUT2D eigenvalue weighted by molar-refractivity contribution is 7.20. The first-order chi connectivity index (χ1) is 11.4. The quantitative estimate of drug-likeness (QED) is 0.614. The van der Waals surface area contributed by atoms with Crippen molar-refractivity contribution in [1.82, 2.24) is 5.32 Å². The van der Waals surface area contributed by atoms with E-state index in [1.54, 1.807) is 13.0 Å². The maximum absolute atomic E-state index is 11.9. The van der Waals surface area contributed by atoms with Crippen molar-refractivity contribution in [2.24, 2.45) is 5.92 Å². The smallest absolute Gasteiger partial charge is 0.331 e. The Bertz CT molecular complexity index is 767. The molecule has 1 amide bonds. The Morgan fingerprint density at radius 1 is 1.29 bits per heavy atom. The van der Waals surface area contributed by atoms with Crippen molar-refractivity contribution >= 4 is 51.0 Å². The van der Waals surface area contributed by atoms with Gasteiger partial charge in [-0.1, -0.05) is 43.6 Å². The van der Waals surface area contributed by atoms with Crippen molar-refractivity contribution in [3.05, 3.63) is 40.2 Å². The van der Waals surface area contributed by atoms with Gasteiger partial charge in [-0.15, -0.1) is 11.3 Å². The average molecular weight is 366 g/mol. The molecule has 1 atom stereocenters. The van der Waals surface area contributed by atoms with Crippen LogP contribution in [0, 0.1) is 5.92 Å². The van der Waals surface area contributed by atoms with Gasteiger partial charge in [-0.05, 0) is 25.0 Å². The Hall–Kier alpha value is -1.85. The summed E-state index contributed by atoms with van der Waals surface area (Å²) in [6.07, 6.45) is 2.08. The second-order valence-corrected chi connectivity index (χ2v) is 7.29. The molecule has 1 aromatic carbocycles. The van der Waals surface area contributed by atoms with E-state index in [0.717, 1.165) is 15.0 Å². The van der Waals surface area contributed by atoms with Crippen LogP contribution >= 0.6 is 22.9 Å². The summed E-state index contributed by atoms with van der Waals surface area (Å²) in [5, 5.41) is 4.30.